The number of amides is 2. The minimum atomic E-state index is -0.374. The average Bonchev–Trinajstić information content (AvgIpc) is 2.54. The van der Waals surface area contributed by atoms with Gasteiger partial charge in [0.05, 0.1) is 12.8 Å². The highest BCUT2D eigenvalue weighted by Crippen LogP contribution is 2.25. The Morgan fingerprint density at radius 2 is 1.79 bits per heavy atom. The molecule has 0 bridgehead atoms. The second-order valence-electron chi connectivity index (χ2n) is 5.63. The summed E-state index contributed by atoms with van der Waals surface area (Å²) in [5, 5.41) is 5.48. The smallest absolute Gasteiger partial charge is 0.233 e. The number of carbonyl (C=O) groups is 2. The number of rotatable bonds is 6. The maximum Gasteiger partial charge on any atom is 0.233 e. The molecule has 2 N–H and O–H groups in total. The van der Waals surface area contributed by atoms with Gasteiger partial charge < -0.3 is 15.4 Å². The van der Waals surface area contributed by atoms with Crippen LogP contribution < -0.4 is 15.4 Å². The number of hydrogen-bond donors (Lipinski definition) is 2. The number of nitrogens with one attached hydrogen (secondary N) is 2. The molecule has 0 unspecified atom stereocenters. The van der Waals surface area contributed by atoms with Crippen LogP contribution in [0, 0.1) is 13.8 Å². The van der Waals surface area contributed by atoms with Crippen molar-refractivity contribution in [2.24, 2.45) is 0 Å². The summed E-state index contributed by atoms with van der Waals surface area (Å²) in [6.45, 7) is 4.31. The molecular weight excluding hydrogens is 304 g/mol. The van der Waals surface area contributed by atoms with E-state index in [1.807, 2.05) is 50.2 Å². The van der Waals surface area contributed by atoms with Gasteiger partial charge >= 0.3 is 0 Å². The van der Waals surface area contributed by atoms with E-state index in [2.05, 4.69) is 10.6 Å². The first-order chi connectivity index (χ1) is 11.5. The molecule has 5 heteroatoms. The molecule has 0 aromatic heterocycles. The van der Waals surface area contributed by atoms with Crippen molar-refractivity contribution in [3.8, 4) is 5.75 Å². The van der Waals surface area contributed by atoms with Crippen LogP contribution in [0.15, 0.2) is 42.5 Å². The number of carbonyl (C=O) groups excluding carboxylic acids is 2. The number of hydrogen-bond acceptors (Lipinski definition) is 3. The van der Waals surface area contributed by atoms with Crippen LogP contribution in [0.25, 0.3) is 0 Å². The lowest BCUT2D eigenvalue weighted by Gasteiger charge is -2.11. The predicted molar refractivity (Wildman–Crippen MR) is 94.0 cm³/mol. The van der Waals surface area contributed by atoms with E-state index in [-0.39, 0.29) is 18.2 Å². The summed E-state index contributed by atoms with van der Waals surface area (Å²) in [6, 6.07) is 13.3. The van der Waals surface area contributed by atoms with E-state index in [9.17, 15) is 9.59 Å². The number of benzene rings is 2. The summed E-state index contributed by atoms with van der Waals surface area (Å²) in [4.78, 5) is 24.0. The molecule has 0 spiro atoms. The van der Waals surface area contributed by atoms with Gasteiger partial charge in [-0.2, -0.15) is 0 Å². The van der Waals surface area contributed by atoms with Gasteiger partial charge in [-0.3, -0.25) is 9.59 Å². The van der Waals surface area contributed by atoms with Gasteiger partial charge in [-0.25, -0.2) is 0 Å². The predicted octanol–water partition coefficient (Wildman–Crippen LogP) is 2.96. The molecule has 0 radical (unpaired) electrons. The molecule has 2 amide bonds. The van der Waals surface area contributed by atoms with Crippen LogP contribution in [0.2, 0.25) is 0 Å². The third kappa shape index (κ3) is 4.84. The fraction of sp³-hybridized carbons (Fsp3) is 0.263. The van der Waals surface area contributed by atoms with Crippen LogP contribution >= 0.6 is 0 Å². The van der Waals surface area contributed by atoms with Gasteiger partial charge in [-0.05, 0) is 42.7 Å². The van der Waals surface area contributed by atoms with Crippen molar-refractivity contribution in [3.05, 3.63) is 59.2 Å². The lowest BCUT2D eigenvalue weighted by atomic mass is 10.1. The first-order valence-corrected chi connectivity index (χ1v) is 7.75. The van der Waals surface area contributed by atoms with Crippen molar-refractivity contribution in [2.45, 2.75) is 26.8 Å². The van der Waals surface area contributed by atoms with Crippen LogP contribution in [-0.2, 0) is 16.1 Å². The lowest BCUT2D eigenvalue weighted by molar-refractivity contribution is -0.126. The van der Waals surface area contributed by atoms with Crippen LogP contribution in [0.5, 0.6) is 5.75 Å². The van der Waals surface area contributed by atoms with Crippen LogP contribution in [0.4, 0.5) is 5.69 Å². The van der Waals surface area contributed by atoms with E-state index in [1.165, 1.54) is 7.11 Å². The number of anilines is 1. The molecule has 2 aromatic rings. The molecule has 0 aliphatic carbocycles. The fourth-order valence-corrected chi connectivity index (χ4v) is 2.32. The zero-order valence-corrected chi connectivity index (χ0v) is 14.2. The number of methoxy groups -OCH3 is 1. The molecule has 0 atom stereocenters. The van der Waals surface area contributed by atoms with E-state index < -0.39 is 0 Å². The molecule has 0 saturated carbocycles. The molecule has 0 aliphatic heterocycles. The molecule has 0 fully saturated rings. The quantitative estimate of drug-likeness (QED) is 0.802. The minimum Gasteiger partial charge on any atom is -0.495 e. The topological polar surface area (TPSA) is 67.4 Å². The molecule has 24 heavy (non-hydrogen) atoms. The lowest BCUT2D eigenvalue weighted by Crippen LogP contribution is -2.28. The maximum atomic E-state index is 12.1. The SMILES string of the molecule is COc1ccc(C)cc1NC(=O)CC(=O)NCc1ccccc1C. The molecule has 0 aliphatic rings. The summed E-state index contributed by atoms with van der Waals surface area (Å²) in [6.07, 6.45) is -0.233. The normalized spacial score (nSPS) is 10.1. The molecule has 2 aromatic carbocycles. The molecule has 0 heterocycles. The minimum absolute atomic E-state index is 0.233. The van der Waals surface area contributed by atoms with E-state index in [4.69, 9.17) is 4.74 Å². The van der Waals surface area contributed by atoms with Gasteiger partial charge in [-0.1, -0.05) is 30.3 Å². The Kier molecular flexibility index (Phi) is 5.95. The highest BCUT2D eigenvalue weighted by Gasteiger charge is 2.12. The maximum absolute atomic E-state index is 12.1. The molecular formula is C19H22N2O3. The standard InChI is InChI=1S/C19H22N2O3/c1-13-8-9-17(24-3)16(10-13)21-19(23)11-18(22)20-12-15-7-5-4-6-14(15)2/h4-10H,11-12H2,1-3H3,(H,20,22)(H,21,23). The third-order valence-electron chi connectivity index (χ3n) is 3.69. The van der Waals surface area contributed by atoms with Crippen LogP contribution in [0.1, 0.15) is 23.1 Å². The van der Waals surface area contributed by atoms with Gasteiger partial charge in [0.1, 0.15) is 12.2 Å². The van der Waals surface area contributed by atoms with E-state index in [0.717, 1.165) is 16.7 Å². The zero-order chi connectivity index (χ0) is 17.5. The summed E-state index contributed by atoms with van der Waals surface area (Å²) < 4.78 is 5.21. The molecule has 2 rings (SSSR count). The Balaban J connectivity index is 1.89. The van der Waals surface area contributed by atoms with Gasteiger partial charge in [0, 0.05) is 6.54 Å². The highest BCUT2D eigenvalue weighted by molar-refractivity contribution is 6.04. The van der Waals surface area contributed by atoms with Gasteiger partial charge in [-0.15, -0.1) is 0 Å². The van der Waals surface area contributed by atoms with Crippen LogP contribution in [0.3, 0.4) is 0 Å². The van der Waals surface area contributed by atoms with Crippen molar-refractivity contribution >= 4 is 17.5 Å². The van der Waals surface area contributed by atoms with Crippen molar-refractivity contribution in [1.82, 2.24) is 5.32 Å². The van der Waals surface area contributed by atoms with E-state index in [1.54, 1.807) is 6.07 Å². The number of aryl methyl sites for hydroxylation is 2. The number of ether oxygens (including phenoxy) is 1. The van der Waals surface area contributed by atoms with Gasteiger partial charge in [0.2, 0.25) is 11.8 Å². The van der Waals surface area contributed by atoms with Gasteiger partial charge in [0.25, 0.3) is 0 Å². The Morgan fingerprint density at radius 1 is 1.04 bits per heavy atom. The first kappa shape index (κ1) is 17.5. The first-order valence-electron chi connectivity index (χ1n) is 7.75. The van der Waals surface area contributed by atoms with E-state index >= 15 is 0 Å². The second kappa shape index (κ2) is 8.15. The second-order valence-corrected chi connectivity index (χ2v) is 5.63. The van der Waals surface area contributed by atoms with Crippen molar-refractivity contribution in [3.63, 3.8) is 0 Å². The summed E-state index contributed by atoms with van der Waals surface area (Å²) in [5.74, 6) is -0.127. The Hall–Kier alpha value is -2.82. The molecule has 0 saturated heterocycles. The van der Waals surface area contributed by atoms with Gasteiger partial charge in [0.15, 0.2) is 0 Å². The summed E-state index contributed by atoms with van der Waals surface area (Å²) in [5.41, 5.74) is 3.70. The largest absolute Gasteiger partial charge is 0.495 e. The van der Waals surface area contributed by atoms with Crippen molar-refractivity contribution < 1.29 is 14.3 Å². The Morgan fingerprint density at radius 3 is 2.50 bits per heavy atom. The Bertz CT molecular complexity index is 741. The van der Waals surface area contributed by atoms with Crippen LogP contribution in [-0.4, -0.2) is 18.9 Å². The Labute approximate surface area is 142 Å². The fourth-order valence-electron chi connectivity index (χ4n) is 2.32. The molecule has 5 nitrogen and oxygen atoms in total. The third-order valence-corrected chi connectivity index (χ3v) is 3.69. The van der Waals surface area contributed by atoms with Crippen molar-refractivity contribution in [1.29, 1.82) is 0 Å². The zero-order valence-electron chi connectivity index (χ0n) is 14.2. The van der Waals surface area contributed by atoms with Crippen molar-refractivity contribution in [2.75, 3.05) is 12.4 Å². The highest BCUT2D eigenvalue weighted by atomic mass is 16.5. The monoisotopic (exact) mass is 326 g/mol. The average molecular weight is 326 g/mol. The summed E-state index contributed by atoms with van der Waals surface area (Å²) in [7, 11) is 1.54. The summed E-state index contributed by atoms with van der Waals surface area (Å²) >= 11 is 0. The molecule has 126 valence electrons. The van der Waals surface area contributed by atoms with E-state index in [0.29, 0.717) is 18.0 Å².